The second-order valence-electron chi connectivity index (χ2n) is 4.62. The van der Waals surface area contributed by atoms with Crippen LogP contribution in [0.15, 0.2) is 54.6 Å². The summed E-state index contributed by atoms with van der Waals surface area (Å²) < 4.78 is 0. The Hall–Kier alpha value is -2.42. The van der Waals surface area contributed by atoms with E-state index in [1.54, 1.807) is 24.1 Å². The van der Waals surface area contributed by atoms with E-state index >= 15 is 0 Å². The number of ketones is 1. The first-order chi connectivity index (χ1) is 9.20. The molecule has 0 saturated heterocycles. The number of nitrogens with zero attached hydrogens (tertiary/aromatic N) is 1. The van der Waals surface area contributed by atoms with Gasteiger partial charge in [-0.15, -0.1) is 0 Å². The van der Waals surface area contributed by atoms with Crippen molar-refractivity contribution in [3.63, 3.8) is 0 Å². The third-order valence-corrected chi connectivity index (χ3v) is 3.51. The Balaban J connectivity index is 2.07. The van der Waals surface area contributed by atoms with Crippen molar-refractivity contribution in [1.82, 2.24) is 0 Å². The number of hydrogen-bond acceptors (Lipinski definition) is 2. The van der Waals surface area contributed by atoms with Crippen molar-refractivity contribution in [2.24, 2.45) is 0 Å². The summed E-state index contributed by atoms with van der Waals surface area (Å²) in [6.07, 6.45) is 0. The Morgan fingerprint density at radius 1 is 1.00 bits per heavy atom. The van der Waals surface area contributed by atoms with Crippen molar-refractivity contribution in [1.29, 1.82) is 0 Å². The molecule has 0 aromatic heterocycles. The van der Waals surface area contributed by atoms with Gasteiger partial charge in [0.05, 0.1) is 0 Å². The number of amides is 1. The second-order valence-corrected chi connectivity index (χ2v) is 4.62. The highest BCUT2D eigenvalue weighted by Gasteiger charge is 2.39. The molecule has 1 aliphatic heterocycles. The molecule has 3 nitrogen and oxygen atoms in total. The Bertz CT molecular complexity index is 649. The fraction of sp³-hybridized carbons (Fsp3) is 0.125. The summed E-state index contributed by atoms with van der Waals surface area (Å²) in [5.74, 6) is -0.999. The number of Topliss-reactive ketones (excluding diaryl/α,β-unsaturated/α-hetero) is 1. The molecule has 0 bridgehead atoms. The van der Waals surface area contributed by atoms with Crippen molar-refractivity contribution in [3.05, 3.63) is 65.7 Å². The largest absolute Gasteiger partial charge is 0.314 e. The molecule has 0 spiro atoms. The summed E-state index contributed by atoms with van der Waals surface area (Å²) in [7, 11) is 1.71. The maximum atomic E-state index is 12.5. The van der Waals surface area contributed by atoms with E-state index in [0.29, 0.717) is 5.56 Å². The number of anilines is 1. The lowest BCUT2D eigenvalue weighted by atomic mass is 9.92. The number of para-hydroxylation sites is 1. The molecule has 2 aromatic carbocycles. The van der Waals surface area contributed by atoms with E-state index < -0.39 is 5.92 Å². The predicted octanol–water partition coefficient (Wildman–Crippen LogP) is 2.63. The van der Waals surface area contributed by atoms with E-state index in [-0.39, 0.29) is 11.7 Å². The van der Waals surface area contributed by atoms with Gasteiger partial charge >= 0.3 is 0 Å². The Morgan fingerprint density at radius 3 is 2.37 bits per heavy atom. The average molecular weight is 251 g/mol. The van der Waals surface area contributed by atoms with Gasteiger partial charge < -0.3 is 4.90 Å². The van der Waals surface area contributed by atoms with Gasteiger partial charge in [0.25, 0.3) is 0 Å². The molecule has 1 atom stereocenters. The summed E-state index contributed by atoms with van der Waals surface area (Å²) >= 11 is 0. The van der Waals surface area contributed by atoms with Crippen LogP contribution in [0, 0.1) is 0 Å². The van der Waals surface area contributed by atoms with Gasteiger partial charge in [-0.05, 0) is 11.6 Å². The minimum Gasteiger partial charge on any atom is -0.314 e. The molecule has 2 aromatic rings. The van der Waals surface area contributed by atoms with Crippen molar-refractivity contribution in [2.75, 3.05) is 11.9 Å². The molecular weight excluding hydrogens is 238 g/mol. The summed E-state index contributed by atoms with van der Waals surface area (Å²) in [4.78, 5) is 26.4. The molecule has 1 amide bonds. The van der Waals surface area contributed by atoms with Crippen LogP contribution >= 0.6 is 0 Å². The molecule has 94 valence electrons. The minimum atomic E-state index is -0.705. The van der Waals surface area contributed by atoms with Crippen LogP contribution in [0.1, 0.15) is 21.8 Å². The lowest BCUT2D eigenvalue weighted by molar-refractivity contribution is -0.118. The summed E-state index contributed by atoms with van der Waals surface area (Å²) in [6, 6.07) is 16.4. The SMILES string of the molecule is CN1C(=O)C(C(=O)c2ccccc2)c2ccccc21. The van der Waals surface area contributed by atoms with Crippen molar-refractivity contribution >= 4 is 17.4 Å². The number of benzene rings is 2. The van der Waals surface area contributed by atoms with Crippen LogP contribution < -0.4 is 4.90 Å². The Morgan fingerprint density at radius 2 is 1.63 bits per heavy atom. The lowest BCUT2D eigenvalue weighted by Crippen LogP contribution is -2.28. The molecular formula is C16H13NO2. The molecule has 1 unspecified atom stereocenters. The second kappa shape index (κ2) is 4.35. The molecule has 19 heavy (non-hydrogen) atoms. The third kappa shape index (κ3) is 1.74. The van der Waals surface area contributed by atoms with Crippen molar-refractivity contribution in [3.8, 4) is 0 Å². The average Bonchev–Trinajstić information content (AvgIpc) is 2.72. The van der Waals surface area contributed by atoms with Crippen LogP contribution in [-0.4, -0.2) is 18.7 Å². The summed E-state index contributed by atoms with van der Waals surface area (Å²) in [6.45, 7) is 0. The topological polar surface area (TPSA) is 37.4 Å². The molecule has 0 saturated carbocycles. The molecule has 0 fully saturated rings. The van der Waals surface area contributed by atoms with Gasteiger partial charge in [0.2, 0.25) is 5.91 Å². The number of rotatable bonds is 2. The van der Waals surface area contributed by atoms with Gasteiger partial charge in [0, 0.05) is 18.3 Å². The van der Waals surface area contributed by atoms with E-state index in [9.17, 15) is 9.59 Å². The highest BCUT2D eigenvalue weighted by atomic mass is 16.2. The zero-order chi connectivity index (χ0) is 13.4. The summed E-state index contributed by atoms with van der Waals surface area (Å²) in [5.41, 5.74) is 2.19. The van der Waals surface area contributed by atoms with Gasteiger partial charge in [-0.3, -0.25) is 9.59 Å². The van der Waals surface area contributed by atoms with E-state index in [1.807, 2.05) is 42.5 Å². The van der Waals surface area contributed by atoms with E-state index in [1.165, 1.54) is 0 Å². The van der Waals surface area contributed by atoms with E-state index in [4.69, 9.17) is 0 Å². The predicted molar refractivity (Wildman–Crippen MR) is 73.4 cm³/mol. The van der Waals surface area contributed by atoms with Crippen LogP contribution in [0.4, 0.5) is 5.69 Å². The van der Waals surface area contributed by atoms with E-state index in [2.05, 4.69) is 0 Å². The van der Waals surface area contributed by atoms with Crippen LogP contribution in [0.25, 0.3) is 0 Å². The maximum absolute atomic E-state index is 12.5. The standard InChI is InChI=1S/C16H13NO2/c1-17-13-10-6-5-9-12(13)14(16(17)19)15(18)11-7-3-2-4-8-11/h2-10,14H,1H3. The van der Waals surface area contributed by atoms with E-state index in [0.717, 1.165) is 11.3 Å². The lowest BCUT2D eigenvalue weighted by Gasteiger charge is -2.10. The maximum Gasteiger partial charge on any atom is 0.242 e. The molecule has 1 heterocycles. The molecule has 1 aliphatic rings. The number of carbonyl (C=O) groups is 2. The van der Waals surface area contributed by atoms with Gasteiger partial charge in [0.15, 0.2) is 5.78 Å². The van der Waals surface area contributed by atoms with Crippen LogP contribution in [0.5, 0.6) is 0 Å². The number of carbonyl (C=O) groups excluding carboxylic acids is 2. The fourth-order valence-electron chi connectivity index (χ4n) is 2.50. The first-order valence-corrected chi connectivity index (χ1v) is 6.16. The van der Waals surface area contributed by atoms with Crippen molar-refractivity contribution in [2.45, 2.75) is 5.92 Å². The molecule has 3 heteroatoms. The summed E-state index contributed by atoms with van der Waals surface area (Å²) in [5, 5.41) is 0. The van der Waals surface area contributed by atoms with Crippen LogP contribution in [0.3, 0.4) is 0 Å². The normalized spacial score (nSPS) is 17.4. The monoisotopic (exact) mass is 251 g/mol. The number of hydrogen-bond donors (Lipinski definition) is 0. The van der Waals surface area contributed by atoms with Gasteiger partial charge in [-0.1, -0.05) is 48.5 Å². The van der Waals surface area contributed by atoms with Gasteiger partial charge in [-0.2, -0.15) is 0 Å². The molecule has 0 aliphatic carbocycles. The van der Waals surface area contributed by atoms with Crippen LogP contribution in [-0.2, 0) is 4.79 Å². The zero-order valence-electron chi connectivity index (χ0n) is 10.5. The Kier molecular flexibility index (Phi) is 2.67. The third-order valence-electron chi connectivity index (χ3n) is 3.51. The number of fused-ring (bicyclic) bond motifs is 1. The Labute approximate surface area is 111 Å². The van der Waals surface area contributed by atoms with Gasteiger partial charge in [-0.25, -0.2) is 0 Å². The quantitative estimate of drug-likeness (QED) is 0.607. The van der Waals surface area contributed by atoms with Crippen molar-refractivity contribution < 1.29 is 9.59 Å². The molecule has 0 N–H and O–H groups in total. The molecule has 0 radical (unpaired) electrons. The minimum absolute atomic E-state index is 0.137. The highest BCUT2D eigenvalue weighted by molar-refractivity contribution is 6.22. The zero-order valence-corrected chi connectivity index (χ0v) is 10.5. The first kappa shape index (κ1) is 11.7. The van der Waals surface area contributed by atoms with Gasteiger partial charge in [0.1, 0.15) is 5.92 Å². The van der Waals surface area contributed by atoms with Crippen LogP contribution in [0.2, 0.25) is 0 Å². The first-order valence-electron chi connectivity index (χ1n) is 6.16. The molecule has 3 rings (SSSR count). The highest BCUT2D eigenvalue weighted by Crippen LogP contribution is 2.37. The smallest absolute Gasteiger partial charge is 0.242 e. The number of likely N-dealkylation sites (N-methyl/N-ethyl adjacent to an activating group) is 1. The fourth-order valence-corrected chi connectivity index (χ4v) is 2.50.